The van der Waals surface area contributed by atoms with Crippen LogP contribution < -0.4 is 0 Å². The van der Waals surface area contributed by atoms with Crippen molar-refractivity contribution in [2.45, 2.75) is 25.3 Å². The number of phenolic OH excluding ortho intramolecular Hbond substituents is 1. The molecule has 0 bridgehead atoms. The van der Waals surface area contributed by atoms with Crippen molar-refractivity contribution in [1.82, 2.24) is 20.0 Å². The van der Waals surface area contributed by atoms with Gasteiger partial charge in [0.1, 0.15) is 11.4 Å². The molecule has 0 saturated heterocycles. The van der Waals surface area contributed by atoms with Gasteiger partial charge >= 0.3 is 0 Å². The van der Waals surface area contributed by atoms with Crippen molar-refractivity contribution in [2.24, 2.45) is 0 Å². The SMILES string of the molecule is Oc1cccc2oc(C=Cc3cn(C4CCC4)nn3)nc12. The summed E-state index contributed by atoms with van der Waals surface area (Å²) in [6.45, 7) is 0. The van der Waals surface area contributed by atoms with Gasteiger partial charge in [-0.15, -0.1) is 5.10 Å². The Labute approximate surface area is 120 Å². The van der Waals surface area contributed by atoms with Gasteiger partial charge in [0, 0.05) is 6.08 Å². The molecule has 1 aromatic carbocycles. The van der Waals surface area contributed by atoms with E-state index in [-0.39, 0.29) is 5.75 Å². The molecule has 3 aromatic rings. The van der Waals surface area contributed by atoms with Gasteiger partial charge in [-0.2, -0.15) is 0 Å². The smallest absolute Gasteiger partial charge is 0.220 e. The second-order valence-electron chi connectivity index (χ2n) is 5.22. The molecule has 0 atom stereocenters. The summed E-state index contributed by atoms with van der Waals surface area (Å²) >= 11 is 0. The fourth-order valence-electron chi connectivity index (χ4n) is 2.38. The van der Waals surface area contributed by atoms with E-state index in [0.29, 0.717) is 23.0 Å². The molecule has 6 heteroatoms. The summed E-state index contributed by atoms with van der Waals surface area (Å²) in [5.41, 5.74) is 1.80. The number of nitrogens with zero attached hydrogens (tertiary/aromatic N) is 4. The third kappa shape index (κ3) is 2.18. The molecule has 0 spiro atoms. The molecule has 106 valence electrons. The van der Waals surface area contributed by atoms with Gasteiger partial charge in [0.15, 0.2) is 11.1 Å². The van der Waals surface area contributed by atoms with Crippen LogP contribution in [0.25, 0.3) is 23.3 Å². The number of benzene rings is 1. The van der Waals surface area contributed by atoms with Gasteiger partial charge in [-0.1, -0.05) is 11.3 Å². The van der Waals surface area contributed by atoms with E-state index < -0.39 is 0 Å². The molecule has 1 N–H and O–H groups in total. The Kier molecular flexibility index (Phi) is 2.73. The van der Waals surface area contributed by atoms with Crippen LogP contribution in [0.1, 0.15) is 36.9 Å². The monoisotopic (exact) mass is 282 g/mol. The minimum Gasteiger partial charge on any atom is -0.506 e. The Morgan fingerprint density at radius 3 is 2.95 bits per heavy atom. The van der Waals surface area contributed by atoms with Gasteiger partial charge in [0.2, 0.25) is 5.89 Å². The average molecular weight is 282 g/mol. The predicted molar refractivity (Wildman–Crippen MR) is 77.5 cm³/mol. The fraction of sp³-hybridized carbons (Fsp3) is 0.267. The third-order valence-electron chi connectivity index (χ3n) is 3.79. The van der Waals surface area contributed by atoms with Crippen molar-refractivity contribution >= 4 is 23.3 Å². The molecule has 0 amide bonds. The Bertz CT molecular complexity index is 814. The molecule has 1 aliphatic rings. The zero-order valence-electron chi connectivity index (χ0n) is 11.3. The van der Waals surface area contributed by atoms with Gasteiger partial charge in [0.25, 0.3) is 0 Å². The van der Waals surface area contributed by atoms with Crippen LogP contribution in [0.15, 0.2) is 28.8 Å². The van der Waals surface area contributed by atoms with Gasteiger partial charge in [0.05, 0.1) is 12.2 Å². The van der Waals surface area contributed by atoms with Crippen molar-refractivity contribution in [1.29, 1.82) is 0 Å². The number of oxazole rings is 1. The van der Waals surface area contributed by atoms with Gasteiger partial charge in [-0.25, -0.2) is 9.67 Å². The molecule has 1 aliphatic carbocycles. The maximum atomic E-state index is 9.70. The van der Waals surface area contributed by atoms with Crippen LogP contribution in [0.3, 0.4) is 0 Å². The van der Waals surface area contributed by atoms with Crippen molar-refractivity contribution in [3.05, 3.63) is 36.0 Å². The molecular weight excluding hydrogens is 268 g/mol. The van der Waals surface area contributed by atoms with Gasteiger partial charge in [-0.05, 0) is 37.5 Å². The number of rotatable bonds is 3. The van der Waals surface area contributed by atoms with Crippen LogP contribution in [-0.4, -0.2) is 25.1 Å². The van der Waals surface area contributed by atoms with Crippen molar-refractivity contribution < 1.29 is 9.52 Å². The highest BCUT2D eigenvalue weighted by Gasteiger charge is 2.20. The molecular formula is C15H14N4O2. The summed E-state index contributed by atoms with van der Waals surface area (Å²) in [7, 11) is 0. The van der Waals surface area contributed by atoms with Crippen molar-refractivity contribution in [3.8, 4) is 5.75 Å². The number of hydrogen-bond acceptors (Lipinski definition) is 5. The zero-order valence-corrected chi connectivity index (χ0v) is 11.3. The van der Waals surface area contributed by atoms with Gasteiger partial charge in [-0.3, -0.25) is 0 Å². The molecule has 1 saturated carbocycles. The summed E-state index contributed by atoms with van der Waals surface area (Å²) in [6, 6.07) is 5.58. The maximum absolute atomic E-state index is 9.70. The Morgan fingerprint density at radius 2 is 2.19 bits per heavy atom. The van der Waals surface area contributed by atoms with Crippen LogP contribution in [0.2, 0.25) is 0 Å². The molecule has 21 heavy (non-hydrogen) atoms. The van der Waals surface area contributed by atoms with E-state index in [1.165, 1.54) is 19.3 Å². The molecule has 6 nitrogen and oxygen atoms in total. The van der Waals surface area contributed by atoms with Gasteiger partial charge < -0.3 is 9.52 Å². The number of para-hydroxylation sites is 1. The standard InChI is InChI=1S/C15H14N4O2/c20-12-5-2-6-13-15(12)16-14(21-13)8-7-10-9-19(18-17-10)11-3-1-4-11/h2,5-9,11,20H,1,3-4H2. The minimum absolute atomic E-state index is 0.117. The van der Waals surface area contributed by atoms with Crippen LogP contribution in [0.5, 0.6) is 5.75 Å². The lowest BCUT2D eigenvalue weighted by Gasteiger charge is -2.24. The quantitative estimate of drug-likeness (QED) is 0.799. The number of phenols is 1. The van der Waals surface area contributed by atoms with E-state index in [0.717, 1.165) is 5.69 Å². The van der Waals surface area contributed by atoms with E-state index >= 15 is 0 Å². The van der Waals surface area contributed by atoms with Crippen LogP contribution in [-0.2, 0) is 0 Å². The lowest BCUT2D eigenvalue weighted by atomic mass is 9.93. The number of aromatic hydroxyl groups is 1. The average Bonchev–Trinajstić information content (AvgIpc) is 3.02. The fourth-order valence-corrected chi connectivity index (χ4v) is 2.38. The predicted octanol–water partition coefficient (Wildman–Crippen LogP) is 3.02. The Hall–Kier alpha value is -2.63. The lowest BCUT2D eigenvalue weighted by Crippen LogP contribution is -2.17. The first-order chi connectivity index (χ1) is 10.3. The first kappa shape index (κ1) is 12.1. The van der Waals surface area contributed by atoms with Crippen molar-refractivity contribution in [2.75, 3.05) is 0 Å². The highest BCUT2D eigenvalue weighted by atomic mass is 16.3. The second kappa shape index (κ2) is 4.73. The number of aromatic nitrogens is 4. The first-order valence-electron chi connectivity index (χ1n) is 6.98. The largest absolute Gasteiger partial charge is 0.506 e. The Balaban J connectivity index is 1.58. The molecule has 0 radical (unpaired) electrons. The lowest BCUT2D eigenvalue weighted by molar-refractivity contribution is 0.284. The van der Waals surface area contributed by atoms with E-state index in [9.17, 15) is 5.11 Å². The number of hydrogen-bond donors (Lipinski definition) is 1. The second-order valence-corrected chi connectivity index (χ2v) is 5.22. The van der Waals surface area contributed by atoms with Crippen LogP contribution in [0.4, 0.5) is 0 Å². The topological polar surface area (TPSA) is 77.0 Å². The highest BCUT2D eigenvalue weighted by Crippen LogP contribution is 2.30. The van der Waals surface area contributed by atoms with E-state index in [1.54, 1.807) is 24.3 Å². The summed E-state index contributed by atoms with van der Waals surface area (Å²) in [5.74, 6) is 0.552. The minimum atomic E-state index is 0.117. The molecule has 0 aliphatic heterocycles. The van der Waals surface area contributed by atoms with Crippen molar-refractivity contribution in [3.63, 3.8) is 0 Å². The van der Waals surface area contributed by atoms with Crippen LogP contribution >= 0.6 is 0 Å². The molecule has 0 unspecified atom stereocenters. The molecule has 2 aromatic heterocycles. The van der Waals surface area contributed by atoms with E-state index in [4.69, 9.17) is 4.42 Å². The summed E-state index contributed by atoms with van der Waals surface area (Å²) in [6.07, 6.45) is 9.09. The molecule has 1 fully saturated rings. The summed E-state index contributed by atoms with van der Waals surface area (Å²) < 4.78 is 7.46. The maximum Gasteiger partial charge on any atom is 0.220 e. The third-order valence-corrected chi connectivity index (χ3v) is 3.79. The molecule has 2 heterocycles. The summed E-state index contributed by atoms with van der Waals surface area (Å²) in [5, 5.41) is 17.9. The van der Waals surface area contributed by atoms with Crippen LogP contribution in [0, 0.1) is 0 Å². The normalized spacial score (nSPS) is 15.8. The first-order valence-corrected chi connectivity index (χ1v) is 6.98. The number of fused-ring (bicyclic) bond motifs is 1. The summed E-state index contributed by atoms with van der Waals surface area (Å²) in [4.78, 5) is 4.24. The highest BCUT2D eigenvalue weighted by molar-refractivity contribution is 5.81. The van der Waals surface area contributed by atoms with E-state index in [1.807, 2.05) is 17.0 Å². The van der Waals surface area contributed by atoms with E-state index in [2.05, 4.69) is 15.3 Å². The molecule has 4 rings (SSSR count). The zero-order chi connectivity index (χ0) is 14.2. The Morgan fingerprint density at radius 1 is 1.29 bits per heavy atom.